The number of nitrogen functional groups attached to an aromatic ring is 1. The normalized spacial score (nSPS) is 17.1. The van der Waals surface area contributed by atoms with Crippen LogP contribution in [-0.2, 0) is 4.79 Å². The van der Waals surface area contributed by atoms with Crippen molar-refractivity contribution in [1.82, 2.24) is 19.9 Å². The van der Waals surface area contributed by atoms with E-state index in [1.165, 1.54) is 6.20 Å². The van der Waals surface area contributed by atoms with E-state index in [0.29, 0.717) is 17.0 Å². The van der Waals surface area contributed by atoms with E-state index in [9.17, 15) is 9.59 Å². The second-order valence-corrected chi connectivity index (χ2v) is 4.78. The van der Waals surface area contributed by atoms with Gasteiger partial charge in [0.15, 0.2) is 0 Å². The molecule has 21 heavy (non-hydrogen) atoms. The SMILES string of the molecule is Nc1nccc(-c2cc3n(c2)C(CC(=O)O)CNC3=O)n1. The summed E-state index contributed by atoms with van der Waals surface area (Å²) in [6.07, 6.45) is 3.19. The number of fused-ring (bicyclic) bond motifs is 1. The number of anilines is 1. The zero-order valence-corrected chi connectivity index (χ0v) is 11.0. The Morgan fingerprint density at radius 3 is 3.10 bits per heavy atom. The number of rotatable bonds is 3. The molecular formula is C13H13N5O3. The van der Waals surface area contributed by atoms with Gasteiger partial charge in [-0.1, -0.05) is 0 Å². The van der Waals surface area contributed by atoms with Crippen molar-refractivity contribution < 1.29 is 14.7 Å². The van der Waals surface area contributed by atoms with Gasteiger partial charge >= 0.3 is 5.97 Å². The molecule has 8 heteroatoms. The first-order valence-corrected chi connectivity index (χ1v) is 6.35. The Bertz CT molecular complexity index is 724. The summed E-state index contributed by atoms with van der Waals surface area (Å²) < 4.78 is 1.68. The van der Waals surface area contributed by atoms with Crippen LogP contribution in [0.4, 0.5) is 5.95 Å². The number of aliphatic carboxylic acids is 1. The molecule has 1 aliphatic heterocycles. The van der Waals surface area contributed by atoms with Crippen molar-refractivity contribution in [3.8, 4) is 11.3 Å². The third kappa shape index (κ3) is 2.42. The summed E-state index contributed by atoms with van der Waals surface area (Å²) in [5.74, 6) is -1.00. The van der Waals surface area contributed by atoms with Crippen molar-refractivity contribution in [1.29, 1.82) is 0 Å². The molecule has 1 unspecified atom stereocenters. The van der Waals surface area contributed by atoms with Gasteiger partial charge < -0.3 is 20.7 Å². The molecule has 0 aliphatic carbocycles. The van der Waals surface area contributed by atoms with Crippen LogP contribution in [0.1, 0.15) is 23.0 Å². The quantitative estimate of drug-likeness (QED) is 0.745. The van der Waals surface area contributed by atoms with Gasteiger partial charge in [-0.2, -0.15) is 0 Å². The van der Waals surface area contributed by atoms with E-state index in [1.54, 1.807) is 22.9 Å². The van der Waals surface area contributed by atoms with Crippen LogP contribution in [0.5, 0.6) is 0 Å². The lowest BCUT2D eigenvalue weighted by atomic mass is 10.1. The van der Waals surface area contributed by atoms with Crippen molar-refractivity contribution in [2.24, 2.45) is 0 Å². The van der Waals surface area contributed by atoms with Gasteiger partial charge in [-0.05, 0) is 12.1 Å². The molecule has 0 saturated carbocycles. The van der Waals surface area contributed by atoms with E-state index in [2.05, 4.69) is 15.3 Å². The number of nitrogens with one attached hydrogen (secondary N) is 1. The maximum atomic E-state index is 11.9. The summed E-state index contributed by atoms with van der Waals surface area (Å²) in [7, 11) is 0. The van der Waals surface area contributed by atoms with Crippen molar-refractivity contribution >= 4 is 17.8 Å². The highest BCUT2D eigenvalue weighted by Crippen LogP contribution is 2.27. The Morgan fingerprint density at radius 1 is 1.57 bits per heavy atom. The monoisotopic (exact) mass is 287 g/mol. The molecule has 1 amide bonds. The molecule has 4 N–H and O–H groups in total. The number of aromatic nitrogens is 3. The Kier molecular flexibility index (Phi) is 3.05. The molecule has 1 aliphatic rings. The first-order chi connectivity index (χ1) is 10.0. The van der Waals surface area contributed by atoms with Gasteiger partial charge in [0, 0.05) is 24.5 Å². The molecular weight excluding hydrogens is 274 g/mol. The maximum Gasteiger partial charge on any atom is 0.305 e. The number of hydrogen-bond donors (Lipinski definition) is 3. The van der Waals surface area contributed by atoms with Crippen molar-refractivity contribution in [2.75, 3.05) is 12.3 Å². The molecule has 0 bridgehead atoms. The fraction of sp³-hybridized carbons (Fsp3) is 0.231. The topological polar surface area (TPSA) is 123 Å². The largest absolute Gasteiger partial charge is 0.481 e. The fourth-order valence-corrected chi connectivity index (χ4v) is 2.41. The summed E-state index contributed by atoms with van der Waals surface area (Å²) in [5.41, 5.74) is 7.26. The highest BCUT2D eigenvalue weighted by atomic mass is 16.4. The first kappa shape index (κ1) is 13.1. The van der Waals surface area contributed by atoms with E-state index in [0.717, 1.165) is 0 Å². The minimum atomic E-state index is -0.913. The summed E-state index contributed by atoms with van der Waals surface area (Å²) in [4.78, 5) is 30.7. The van der Waals surface area contributed by atoms with Gasteiger partial charge in [0.1, 0.15) is 5.69 Å². The molecule has 3 heterocycles. The molecule has 108 valence electrons. The van der Waals surface area contributed by atoms with Crippen LogP contribution in [0, 0.1) is 0 Å². The molecule has 2 aromatic heterocycles. The van der Waals surface area contributed by atoms with E-state index in [4.69, 9.17) is 10.8 Å². The second kappa shape index (κ2) is 4.89. The zero-order valence-electron chi connectivity index (χ0n) is 11.0. The fourth-order valence-electron chi connectivity index (χ4n) is 2.41. The molecule has 3 rings (SSSR count). The highest BCUT2D eigenvalue weighted by molar-refractivity contribution is 5.95. The molecule has 2 aromatic rings. The van der Waals surface area contributed by atoms with Gasteiger partial charge in [-0.25, -0.2) is 9.97 Å². The molecule has 8 nitrogen and oxygen atoms in total. The summed E-state index contributed by atoms with van der Waals surface area (Å²) >= 11 is 0. The van der Waals surface area contributed by atoms with Gasteiger partial charge in [-0.3, -0.25) is 9.59 Å². The van der Waals surface area contributed by atoms with E-state index in [1.807, 2.05) is 0 Å². The van der Waals surface area contributed by atoms with Crippen LogP contribution in [-0.4, -0.2) is 38.1 Å². The van der Waals surface area contributed by atoms with Gasteiger partial charge in [0.25, 0.3) is 5.91 Å². The first-order valence-electron chi connectivity index (χ1n) is 6.35. The lowest BCUT2D eigenvalue weighted by Crippen LogP contribution is -2.39. The van der Waals surface area contributed by atoms with Crippen LogP contribution in [0.2, 0.25) is 0 Å². The average Bonchev–Trinajstić information content (AvgIpc) is 2.88. The highest BCUT2D eigenvalue weighted by Gasteiger charge is 2.27. The van der Waals surface area contributed by atoms with E-state index >= 15 is 0 Å². The van der Waals surface area contributed by atoms with Crippen LogP contribution in [0.3, 0.4) is 0 Å². The third-order valence-electron chi connectivity index (χ3n) is 3.35. The van der Waals surface area contributed by atoms with Gasteiger partial charge in [-0.15, -0.1) is 0 Å². The number of carbonyl (C=O) groups excluding carboxylic acids is 1. The van der Waals surface area contributed by atoms with Gasteiger partial charge in [0.05, 0.1) is 18.2 Å². The average molecular weight is 287 g/mol. The molecule has 0 aromatic carbocycles. The van der Waals surface area contributed by atoms with E-state index < -0.39 is 5.97 Å². The second-order valence-electron chi connectivity index (χ2n) is 4.78. The Morgan fingerprint density at radius 2 is 2.38 bits per heavy atom. The summed E-state index contributed by atoms with van der Waals surface area (Å²) in [6.45, 7) is 0.290. The van der Waals surface area contributed by atoms with Crippen molar-refractivity contribution in [2.45, 2.75) is 12.5 Å². The standard InChI is InChI=1S/C13H13N5O3/c14-13-15-2-1-9(17-13)7-3-10-12(21)16-5-8(4-11(19)20)18(10)6-7/h1-3,6,8H,4-5H2,(H,16,21)(H,19,20)(H2,14,15,17). The van der Waals surface area contributed by atoms with Crippen LogP contribution in [0.25, 0.3) is 11.3 Å². The number of carbonyl (C=O) groups is 2. The van der Waals surface area contributed by atoms with Crippen LogP contribution < -0.4 is 11.1 Å². The number of nitrogens with zero attached hydrogens (tertiary/aromatic N) is 3. The minimum Gasteiger partial charge on any atom is -0.481 e. The minimum absolute atomic E-state index is 0.0622. The number of carboxylic acids is 1. The number of hydrogen-bond acceptors (Lipinski definition) is 5. The number of amides is 1. The predicted molar refractivity (Wildman–Crippen MR) is 73.5 cm³/mol. The van der Waals surface area contributed by atoms with Gasteiger partial charge in [0.2, 0.25) is 5.95 Å². The number of nitrogens with two attached hydrogens (primary N) is 1. The maximum absolute atomic E-state index is 11.9. The van der Waals surface area contributed by atoms with Crippen molar-refractivity contribution in [3.63, 3.8) is 0 Å². The molecule has 0 saturated heterocycles. The van der Waals surface area contributed by atoms with E-state index in [-0.39, 0.29) is 30.9 Å². The summed E-state index contributed by atoms with van der Waals surface area (Å²) in [6, 6.07) is 3.04. The van der Waals surface area contributed by atoms with Crippen molar-refractivity contribution in [3.05, 3.63) is 30.2 Å². The molecule has 1 atom stereocenters. The summed E-state index contributed by atoms with van der Waals surface area (Å²) in [5, 5.41) is 11.6. The number of carboxylic acid groups (broad SMARTS) is 1. The van der Waals surface area contributed by atoms with Crippen LogP contribution in [0.15, 0.2) is 24.5 Å². The van der Waals surface area contributed by atoms with Crippen LogP contribution >= 0.6 is 0 Å². The molecule has 0 spiro atoms. The zero-order chi connectivity index (χ0) is 15.0. The lowest BCUT2D eigenvalue weighted by molar-refractivity contribution is -0.137. The Hall–Kier alpha value is -2.90. The lowest BCUT2D eigenvalue weighted by Gasteiger charge is -2.25. The third-order valence-corrected chi connectivity index (χ3v) is 3.35. The molecule has 0 fully saturated rings. The Labute approximate surface area is 119 Å². The predicted octanol–water partition coefficient (Wildman–Crippen LogP) is 0.286. The smallest absolute Gasteiger partial charge is 0.305 e. The Balaban J connectivity index is 2.03. The molecule has 0 radical (unpaired) electrons.